The number of likely N-dealkylation sites (tertiary alicyclic amines) is 1. The first-order valence-electron chi connectivity index (χ1n) is 17.2. The summed E-state index contributed by atoms with van der Waals surface area (Å²) in [5.41, 5.74) is 4.34. The van der Waals surface area contributed by atoms with Gasteiger partial charge >= 0.3 is 5.97 Å². The standard InChI is InChI=1S/C40H46N2O5/c1-26(2)25-42(34(44)18-15-28-11-7-5-8-12-28)30-16-17-32-33-23-31-35(37(46-27(3)43)38(45-4)39-36(31)47-39)40(32,24-30)20-22-41(33)21-19-29-13-9-6-10-14-29/h5-15,18,26,30,32-33H,16-17,19-25H2,1-4H3/t30-,32-,33+,40-/m0/s1. The van der Waals surface area contributed by atoms with E-state index >= 15 is 0 Å². The molecule has 47 heavy (non-hydrogen) atoms. The van der Waals surface area contributed by atoms with Crippen LogP contribution in [0.2, 0.25) is 0 Å². The van der Waals surface area contributed by atoms with Gasteiger partial charge in [-0.25, -0.2) is 0 Å². The first-order valence-corrected chi connectivity index (χ1v) is 17.2. The summed E-state index contributed by atoms with van der Waals surface area (Å²) in [6, 6.07) is 21.1. The first-order chi connectivity index (χ1) is 22.8. The minimum absolute atomic E-state index is 0.0526. The molecule has 0 N–H and O–H groups in total. The molecule has 3 aromatic carbocycles. The molecule has 0 unspecified atom stereocenters. The van der Waals surface area contributed by atoms with Gasteiger partial charge in [0.25, 0.3) is 0 Å². The second kappa shape index (κ2) is 12.8. The smallest absolute Gasteiger partial charge is 0.308 e. The molecule has 3 aromatic rings. The topological polar surface area (TPSA) is 71.6 Å². The van der Waals surface area contributed by atoms with Gasteiger partial charge in [0.05, 0.1) is 7.11 Å². The van der Waals surface area contributed by atoms with Crippen LogP contribution >= 0.6 is 0 Å². The molecule has 0 aromatic heterocycles. The average molecular weight is 635 g/mol. The number of esters is 1. The number of hydrogen-bond acceptors (Lipinski definition) is 6. The molecule has 4 aliphatic rings. The maximum absolute atomic E-state index is 14.0. The van der Waals surface area contributed by atoms with Crippen molar-refractivity contribution in [3.63, 3.8) is 0 Å². The van der Waals surface area contributed by atoms with E-state index in [1.54, 1.807) is 13.2 Å². The van der Waals surface area contributed by atoms with Crippen molar-refractivity contribution in [3.8, 4) is 23.0 Å². The van der Waals surface area contributed by atoms with Crippen LogP contribution in [0.25, 0.3) is 6.08 Å². The number of ether oxygens (including phenoxy) is 3. The number of hydrogen-bond donors (Lipinski definition) is 0. The van der Waals surface area contributed by atoms with Crippen LogP contribution in [0.1, 0.15) is 68.7 Å². The highest BCUT2D eigenvalue weighted by atomic mass is 16.6. The monoisotopic (exact) mass is 634 g/mol. The minimum Gasteiger partial charge on any atom is -0.490 e. The summed E-state index contributed by atoms with van der Waals surface area (Å²) in [5, 5.41) is 0. The summed E-state index contributed by atoms with van der Waals surface area (Å²) < 4.78 is 18.1. The Kier molecular flexibility index (Phi) is 8.60. The summed E-state index contributed by atoms with van der Waals surface area (Å²) in [6.07, 6.45) is 9.22. The van der Waals surface area contributed by atoms with E-state index < -0.39 is 0 Å². The molecule has 7 rings (SSSR count). The Hall–Kier alpha value is -4.10. The molecule has 2 heterocycles. The lowest BCUT2D eigenvalue weighted by Crippen LogP contribution is -2.64. The van der Waals surface area contributed by atoms with E-state index in [1.807, 2.05) is 36.4 Å². The molecular formula is C40H46N2O5. The lowest BCUT2D eigenvalue weighted by molar-refractivity contribution is -0.132. The quantitative estimate of drug-likeness (QED) is 0.0795. The fourth-order valence-corrected chi connectivity index (χ4v) is 8.97. The first kappa shape index (κ1) is 31.5. The number of nitrogens with zero attached hydrogens (tertiary/aromatic N) is 2. The van der Waals surface area contributed by atoms with Crippen LogP contribution < -0.4 is 14.2 Å². The Labute approximate surface area is 278 Å². The number of rotatable bonds is 10. The Morgan fingerprint density at radius 1 is 1.04 bits per heavy atom. The van der Waals surface area contributed by atoms with Crippen molar-refractivity contribution in [3.05, 3.63) is 89.0 Å². The fraction of sp³-hybridized carbons (Fsp3) is 0.450. The summed E-state index contributed by atoms with van der Waals surface area (Å²) in [5.74, 6) is 3.02. The van der Waals surface area contributed by atoms with Crippen molar-refractivity contribution in [2.24, 2.45) is 11.8 Å². The molecule has 246 valence electrons. The zero-order valence-corrected chi connectivity index (χ0v) is 28.0. The fourth-order valence-electron chi connectivity index (χ4n) is 8.97. The molecule has 4 atom stereocenters. The normalized spacial score (nSPS) is 24.1. The Morgan fingerprint density at radius 2 is 1.79 bits per heavy atom. The maximum atomic E-state index is 14.0. The zero-order valence-electron chi connectivity index (χ0n) is 28.0. The van der Waals surface area contributed by atoms with E-state index in [-0.39, 0.29) is 23.3 Å². The lowest BCUT2D eigenvalue weighted by atomic mass is 9.51. The molecule has 0 radical (unpaired) electrons. The number of methoxy groups -OCH3 is 1. The molecule has 2 aliphatic carbocycles. The molecule has 1 amide bonds. The van der Waals surface area contributed by atoms with Gasteiger partial charge in [0, 0.05) is 54.7 Å². The number of benzene rings is 3. The third kappa shape index (κ3) is 5.95. The maximum Gasteiger partial charge on any atom is 0.308 e. The predicted molar refractivity (Wildman–Crippen MR) is 183 cm³/mol. The largest absolute Gasteiger partial charge is 0.490 e. The van der Waals surface area contributed by atoms with E-state index in [9.17, 15) is 9.59 Å². The Balaban J connectivity index is 1.27. The number of piperidine rings is 1. The third-order valence-electron chi connectivity index (χ3n) is 10.9. The number of carbonyl (C=O) groups excluding carboxylic acids is 2. The van der Waals surface area contributed by atoms with Crippen molar-refractivity contribution in [2.75, 3.05) is 26.7 Å². The second-order valence-corrected chi connectivity index (χ2v) is 14.2. The lowest BCUT2D eigenvalue weighted by Gasteiger charge is -2.61. The van der Waals surface area contributed by atoms with Gasteiger partial charge in [-0.05, 0) is 74.1 Å². The van der Waals surface area contributed by atoms with Crippen LogP contribution in [0, 0.1) is 11.8 Å². The minimum atomic E-state index is -0.364. The predicted octanol–water partition coefficient (Wildman–Crippen LogP) is 7.20. The van der Waals surface area contributed by atoms with Crippen molar-refractivity contribution >= 4 is 18.0 Å². The highest BCUT2D eigenvalue weighted by molar-refractivity contribution is 5.92. The van der Waals surface area contributed by atoms with Gasteiger partial charge in [-0.15, -0.1) is 0 Å². The van der Waals surface area contributed by atoms with Crippen LogP contribution in [0.3, 0.4) is 0 Å². The van der Waals surface area contributed by atoms with Crippen LogP contribution in [0.5, 0.6) is 23.0 Å². The second-order valence-electron chi connectivity index (χ2n) is 14.2. The van der Waals surface area contributed by atoms with E-state index in [4.69, 9.17) is 14.2 Å². The van der Waals surface area contributed by atoms with Crippen molar-refractivity contribution in [1.82, 2.24) is 9.80 Å². The zero-order chi connectivity index (χ0) is 32.7. The average Bonchev–Trinajstić information content (AvgIpc) is 3.87. The summed E-state index contributed by atoms with van der Waals surface area (Å²) in [6.45, 7) is 8.45. The molecule has 2 aliphatic heterocycles. The molecule has 1 saturated heterocycles. The van der Waals surface area contributed by atoms with Gasteiger partial charge in [0.15, 0.2) is 11.5 Å². The van der Waals surface area contributed by atoms with Crippen LogP contribution in [-0.2, 0) is 27.8 Å². The molecule has 7 heteroatoms. The van der Waals surface area contributed by atoms with E-state index in [0.717, 1.165) is 74.1 Å². The number of carbonyl (C=O) groups is 2. The van der Waals surface area contributed by atoms with Gasteiger partial charge in [-0.3, -0.25) is 14.5 Å². The number of amides is 1. The highest BCUT2D eigenvalue weighted by Gasteiger charge is 2.60. The SMILES string of the molecule is COc1c2c(c3c(c1OC(C)=O)[C@]14CCN(CCc5ccccc5)[C@H](C3)[C@@H]1CC[C@H](N(CC(C)C)C(=O)C=Cc1ccccc1)C4)O2. The Bertz CT molecular complexity index is 1670. The number of fused-ring (bicyclic) bond motifs is 3. The van der Waals surface area contributed by atoms with Crippen molar-refractivity contribution in [2.45, 2.75) is 76.8 Å². The molecule has 2 bridgehead atoms. The summed E-state index contributed by atoms with van der Waals surface area (Å²) >= 11 is 0. The van der Waals surface area contributed by atoms with Gasteiger partial charge in [0.1, 0.15) is 0 Å². The third-order valence-corrected chi connectivity index (χ3v) is 10.9. The van der Waals surface area contributed by atoms with Gasteiger partial charge in [0.2, 0.25) is 17.4 Å². The van der Waals surface area contributed by atoms with Crippen molar-refractivity contribution in [1.29, 1.82) is 0 Å². The molecule has 2 fully saturated rings. The van der Waals surface area contributed by atoms with E-state index in [0.29, 0.717) is 41.7 Å². The molecule has 7 nitrogen and oxygen atoms in total. The summed E-state index contributed by atoms with van der Waals surface area (Å²) in [7, 11) is 1.62. The van der Waals surface area contributed by atoms with Gasteiger partial charge in [-0.2, -0.15) is 0 Å². The van der Waals surface area contributed by atoms with E-state index in [2.05, 4.69) is 54.0 Å². The molecule has 1 saturated carbocycles. The van der Waals surface area contributed by atoms with Crippen LogP contribution in [0.15, 0.2) is 66.7 Å². The van der Waals surface area contributed by atoms with Gasteiger partial charge < -0.3 is 19.1 Å². The van der Waals surface area contributed by atoms with Crippen LogP contribution in [0.4, 0.5) is 0 Å². The molecule has 0 spiro atoms. The molecular weight excluding hydrogens is 588 g/mol. The highest BCUT2D eigenvalue weighted by Crippen LogP contribution is 2.68. The summed E-state index contributed by atoms with van der Waals surface area (Å²) in [4.78, 5) is 31.4. The van der Waals surface area contributed by atoms with E-state index in [1.165, 1.54) is 12.5 Å². The Morgan fingerprint density at radius 3 is 2.49 bits per heavy atom. The van der Waals surface area contributed by atoms with Gasteiger partial charge in [-0.1, -0.05) is 74.5 Å². The van der Waals surface area contributed by atoms with Crippen molar-refractivity contribution < 1.29 is 23.8 Å². The van der Waals surface area contributed by atoms with Crippen LogP contribution in [-0.4, -0.2) is 60.5 Å².